The minimum absolute atomic E-state index is 0.0681. The molecule has 0 fully saturated rings. The third-order valence-corrected chi connectivity index (χ3v) is 4.75. The number of rotatable bonds is 6. The van der Waals surface area contributed by atoms with Gasteiger partial charge in [0.25, 0.3) is 5.91 Å². The number of nitrogens with zero attached hydrogens (tertiary/aromatic N) is 3. The molecule has 0 saturated heterocycles. The Kier molecular flexibility index (Phi) is 5.08. The van der Waals surface area contributed by atoms with Gasteiger partial charge in [-0.3, -0.25) is 4.79 Å². The topological polar surface area (TPSA) is 60.0 Å². The van der Waals surface area contributed by atoms with Crippen molar-refractivity contribution in [2.75, 3.05) is 7.05 Å². The molecule has 0 radical (unpaired) electrons. The van der Waals surface area contributed by atoms with Gasteiger partial charge in [-0.2, -0.15) is 0 Å². The fourth-order valence-electron chi connectivity index (χ4n) is 3.22. The van der Waals surface area contributed by atoms with E-state index in [9.17, 15) is 4.79 Å². The van der Waals surface area contributed by atoms with E-state index in [-0.39, 0.29) is 5.91 Å². The predicted octanol–water partition coefficient (Wildman–Crippen LogP) is 4.40. The number of furan rings is 1. The van der Waals surface area contributed by atoms with E-state index >= 15 is 0 Å². The summed E-state index contributed by atoms with van der Waals surface area (Å²) in [6.07, 6.45) is 3.94. The molecule has 148 valence electrons. The molecule has 0 unspecified atom stereocenters. The van der Waals surface area contributed by atoms with Crippen LogP contribution in [0.5, 0.6) is 5.75 Å². The molecule has 4 rings (SSSR count). The van der Waals surface area contributed by atoms with Crippen molar-refractivity contribution in [3.8, 4) is 5.75 Å². The van der Waals surface area contributed by atoms with Gasteiger partial charge in [-0.1, -0.05) is 6.07 Å². The Labute approximate surface area is 169 Å². The Hall–Kier alpha value is -3.54. The van der Waals surface area contributed by atoms with E-state index in [2.05, 4.69) is 4.98 Å². The molecule has 0 aliphatic rings. The number of hydrogen-bond donors (Lipinski definition) is 0. The summed E-state index contributed by atoms with van der Waals surface area (Å²) in [5, 5.41) is 0. The van der Waals surface area contributed by atoms with Crippen LogP contribution in [-0.4, -0.2) is 27.2 Å². The fourth-order valence-corrected chi connectivity index (χ4v) is 3.22. The van der Waals surface area contributed by atoms with Gasteiger partial charge in [-0.15, -0.1) is 0 Å². The fraction of sp³-hybridized carbons (Fsp3) is 0.217. The SMILES string of the molecule is Cc1ccc(CN(C)C(=O)c2ccc(OCc3cn4cccc(C)c4n3)cc2)o1. The van der Waals surface area contributed by atoms with Crippen molar-refractivity contribution in [1.82, 2.24) is 14.3 Å². The highest BCUT2D eigenvalue weighted by molar-refractivity contribution is 5.94. The maximum absolute atomic E-state index is 12.6. The molecule has 1 aromatic carbocycles. The lowest BCUT2D eigenvalue weighted by Crippen LogP contribution is -2.25. The Balaban J connectivity index is 1.38. The van der Waals surface area contributed by atoms with Gasteiger partial charge < -0.3 is 18.5 Å². The lowest BCUT2D eigenvalue weighted by atomic mass is 10.2. The first-order valence-electron chi connectivity index (χ1n) is 9.46. The van der Waals surface area contributed by atoms with E-state index < -0.39 is 0 Å². The summed E-state index contributed by atoms with van der Waals surface area (Å²) in [5.41, 5.74) is 3.51. The second kappa shape index (κ2) is 7.83. The Bertz CT molecular complexity index is 1140. The number of hydrogen-bond acceptors (Lipinski definition) is 4. The molecule has 0 atom stereocenters. The molecule has 0 aliphatic carbocycles. The average molecular weight is 389 g/mol. The zero-order valence-electron chi connectivity index (χ0n) is 16.8. The van der Waals surface area contributed by atoms with Crippen molar-refractivity contribution in [3.63, 3.8) is 0 Å². The van der Waals surface area contributed by atoms with E-state index in [0.717, 1.165) is 28.4 Å². The minimum atomic E-state index is -0.0681. The van der Waals surface area contributed by atoms with Crippen LogP contribution in [0, 0.1) is 13.8 Å². The van der Waals surface area contributed by atoms with Crippen LogP contribution in [0.4, 0.5) is 0 Å². The van der Waals surface area contributed by atoms with Crippen LogP contribution >= 0.6 is 0 Å². The van der Waals surface area contributed by atoms with Gasteiger partial charge in [-0.25, -0.2) is 4.98 Å². The van der Waals surface area contributed by atoms with E-state index in [1.54, 1.807) is 36.2 Å². The van der Waals surface area contributed by atoms with Crippen LogP contribution in [-0.2, 0) is 13.2 Å². The number of carbonyl (C=O) groups excluding carboxylic acids is 1. The van der Waals surface area contributed by atoms with Gasteiger partial charge in [0.2, 0.25) is 0 Å². The number of benzene rings is 1. The Morgan fingerprint density at radius 1 is 1.14 bits per heavy atom. The summed E-state index contributed by atoms with van der Waals surface area (Å²) in [4.78, 5) is 18.8. The number of ether oxygens (including phenoxy) is 1. The lowest BCUT2D eigenvalue weighted by molar-refractivity contribution is 0.0775. The van der Waals surface area contributed by atoms with E-state index in [4.69, 9.17) is 9.15 Å². The molecule has 0 bridgehead atoms. The molecular formula is C23H23N3O3. The van der Waals surface area contributed by atoms with Gasteiger partial charge >= 0.3 is 0 Å². The molecule has 0 N–H and O–H groups in total. The normalized spacial score (nSPS) is 11.0. The zero-order chi connectivity index (χ0) is 20.4. The molecule has 3 aromatic heterocycles. The third-order valence-electron chi connectivity index (χ3n) is 4.75. The van der Waals surface area contributed by atoms with Crippen molar-refractivity contribution >= 4 is 11.6 Å². The third kappa shape index (κ3) is 4.16. The number of carbonyl (C=O) groups is 1. The quantitative estimate of drug-likeness (QED) is 0.491. The van der Waals surface area contributed by atoms with E-state index in [1.807, 2.05) is 54.9 Å². The average Bonchev–Trinajstić information content (AvgIpc) is 3.32. The number of pyridine rings is 1. The van der Waals surface area contributed by atoms with Crippen LogP contribution in [0.3, 0.4) is 0 Å². The summed E-state index contributed by atoms with van der Waals surface area (Å²) in [7, 11) is 1.76. The van der Waals surface area contributed by atoms with Crippen LogP contribution in [0.2, 0.25) is 0 Å². The highest BCUT2D eigenvalue weighted by Crippen LogP contribution is 2.17. The summed E-state index contributed by atoms with van der Waals surface area (Å²) < 4.78 is 13.4. The second-order valence-electron chi connectivity index (χ2n) is 7.14. The highest BCUT2D eigenvalue weighted by Gasteiger charge is 2.14. The van der Waals surface area contributed by atoms with Gasteiger partial charge in [-0.05, 0) is 61.9 Å². The molecule has 0 aliphatic heterocycles. The maximum atomic E-state index is 12.6. The van der Waals surface area contributed by atoms with Crippen LogP contribution < -0.4 is 4.74 Å². The first-order valence-corrected chi connectivity index (χ1v) is 9.46. The van der Waals surface area contributed by atoms with E-state index in [1.165, 1.54) is 0 Å². The number of fused-ring (bicyclic) bond motifs is 1. The van der Waals surface area contributed by atoms with Gasteiger partial charge in [0.1, 0.15) is 29.5 Å². The van der Waals surface area contributed by atoms with Crippen molar-refractivity contribution in [2.45, 2.75) is 27.0 Å². The summed E-state index contributed by atoms with van der Waals surface area (Å²) >= 11 is 0. The molecule has 0 saturated carbocycles. The molecule has 6 heteroatoms. The molecule has 29 heavy (non-hydrogen) atoms. The summed E-state index contributed by atoms with van der Waals surface area (Å²) in [5.74, 6) is 2.23. The number of aryl methyl sites for hydroxylation is 2. The smallest absolute Gasteiger partial charge is 0.254 e. The minimum Gasteiger partial charge on any atom is -0.487 e. The summed E-state index contributed by atoms with van der Waals surface area (Å²) in [6.45, 7) is 4.72. The monoisotopic (exact) mass is 389 g/mol. The largest absolute Gasteiger partial charge is 0.487 e. The van der Waals surface area contributed by atoms with E-state index in [0.29, 0.717) is 24.5 Å². The number of amides is 1. The van der Waals surface area contributed by atoms with Crippen molar-refractivity contribution in [2.24, 2.45) is 0 Å². The second-order valence-corrected chi connectivity index (χ2v) is 7.14. The molecule has 0 spiro atoms. The maximum Gasteiger partial charge on any atom is 0.254 e. The van der Waals surface area contributed by atoms with Crippen LogP contribution in [0.25, 0.3) is 5.65 Å². The number of imidazole rings is 1. The van der Waals surface area contributed by atoms with Crippen LogP contribution in [0.1, 0.15) is 33.1 Å². The Morgan fingerprint density at radius 3 is 2.62 bits per heavy atom. The van der Waals surface area contributed by atoms with Crippen molar-refractivity contribution in [1.29, 1.82) is 0 Å². The molecule has 6 nitrogen and oxygen atoms in total. The predicted molar refractivity (Wildman–Crippen MR) is 110 cm³/mol. The number of aromatic nitrogens is 2. The standard InChI is InChI=1S/C23H23N3O3/c1-16-5-4-12-26-13-19(24-22(16)26)15-28-20-10-7-18(8-11-20)23(27)25(3)14-21-9-6-17(2)29-21/h4-13H,14-15H2,1-3H3. The first-order chi connectivity index (χ1) is 14.0. The van der Waals surface area contributed by atoms with Gasteiger partial charge in [0.05, 0.1) is 12.2 Å². The molecule has 4 aromatic rings. The highest BCUT2D eigenvalue weighted by atomic mass is 16.5. The van der Waals surface area contributed by atoms with Gasteiger partial charge in [0, 0.05) is 25.0 Å². The van der Waals surface area contributed by atoms with Crippen molar-refractivity contribution in [3.05, 3.63) is 89.3 Å². The molecule has 1 amide bonds. The van der Waals surface area contributed by atoms with Crippen molar-refractivity contribution < 1.29 is 13.9 Å². The molecule has 3 heterocycles. The Morgan fingerprint density at radius 2 is 1.93 bits per heavy atom. The van der Waals surface area contributed by atoms with Gasteiger partial charge in [0.15, 0.2) is 0 Å². The zero-order valence-corrected chi connectivity index (χ0v) is 16.8. The lowest BCUT2D eigenvalue weighted by Gasteiger charge is -2.16. The summed E-state index contributed by atoms with van der Waals surface area (Å²) in [6, 6.07) is 15.0. The first kappa shape index (κ1) is 18.8. The van der Waals surface area contributed by atoms with Crippen LogP contribution in [0.15, 0.2) is 65.3 Å². The molecular weight excluding hydrogens is 366 g/mol.